The molecular formula is C31H47N3O10. The fourth-order valence-electron chi connectivity index (χ4n) is 7.34. The van der Waals surface area contributed by atoms with Gasteiger partial charge in [-0.15, -0.1) is 0 Å². The SMILES string of the molecule is CNCCCO/N=C1/CC[C@@]2(C)C(CCN[C@@H]3[C@@H]2CC[C@]2(C)C(=O)CC[C@@H]32)C1.O=C(O)/C=C/C(=O)O.O=C(O)/C=C/C(=O)O. The number of rotatable bonds is 9. The minimum Gasteiger partial charge on any atom is -0.478 e. The van der Waals surface area contributed by atoms with Gasteiger partial charge in [0.15, 0.2) is 0 Å². The predicted molar refractivity (Wildman–Crippen MR) is 161 cm³/mol. The molecule has 1 heterocycles. The van der Waals surface area contributed by atoms with E-state index < -0.39 is 23.9 Å². The molecule has 4 fully saturated rings. The molecule has 0 amide bonds. The van der Waals surface area contributed by atoms with E-state index in [0.29, 0.717) is 65.9 Å². The molecule has 0 aromatic rings. The van der Waals surface area contributed by atoms with E-state index in [1.807, 2.05) is 7.05 Å². The lowest BCUT2D eigenvalue weighted by Crippen LogP contribution is -2.56. The quantitative estimate of drug-likeness (QED) is 0.125. The van der Waals surface area contributed by atoms with Crippen LogP contribution in [0.15, 0.2) is 29.5 Å². The van der Waals surface area contributed by atoms with Crippen molar-refractivity contribution in [1.82, 2.24) is 10.6 Å². The van der Waals surface area contributed by atoms with Gasteiger partial charge in [0.2, 0.25) is 0 Å². The van der Waals surface area contributed by atoms with E-state index in [1.54, 1.807) is 0 Å². The van der Waals surface area contributed by atoms with Crippen LogP contribution in [0.5, 0.6) is 0 Å². The van der Waals surface area contributed by atoms with Gasteiger partial charge in [0, 0.05) is 42.2 Å². The van der Waals surface area contributed by atoms with E-state index in [4.69, 9.17) is 25.3 Å². The fraction of sp³-hybridized carbons (Fsp3) is 0.677. The number of nitrogens with zero attached hydrogens (tertiary/aromatic N) is 1. The molecule has 6 N–H and O–H groups in total. The first-order valence-corrected chi connectivity index (χ1v) is 15.1. The Kier molecular flexibility index (Phi) is 14.2. The molecule has 0 aromatic heterocycles. The van der Waals surface area contributed by atoms with Crippen LogP contribution in [0, 0.1) is 28.6 Å². The second-order valence-electron chi connectivity index (χ2n) is 12.3. The number of carboxylic acid groups (broad SMARTS) is 4. The van der Waals surface area contributed by atoms with E-state index in [0.717, 1.165) is 51.6 Å². The number of Topliss-reactive ketones (excluding diaryl/α,β-unsaturated/α-hetero) is 1. The zero-order chi connectivity index (χ0) is 32.9. The zero-order valence-electron chi connectivity index (χ0n) is 25.8. The van der Waals surface area contributed by atoms with Crippen molar-refractivity contribution in [3.05, 3.63) is 24.3 Å². The molecule has 246 valence electrons. The van der Waals surface area contributed by atoms with E-state index in [2.05, 4.69) is 29.6 Å². The summed E-state index contributed by atoms with van der Waals surface area (Å²) in [4.78, 5) is 56.4. The minimum atomic E-state index is -1.26. The molecule has 0 spiro atoms. The van der Waals surface area contributed by atoms with Crippen LogP contribution in [0.1, 0.15) is 71.6 Å². The molecule has 44 heavy (non-hydrogen) atoms. The Hall–Kier alpha value is -3.58. The third-order valence-electron chi connectivity index (χ3n) is 9.66. The Labute approximate surface area is 257 Å². The van der Waals surface area contributed by atoms with Gasteiger partial charge >= 0.3 is 23.9 Å². The fourth-order valence-corrected chi connectivity index (χ4v) is 7.34. The summed E-state index contributed by atoms with van der Waals surface area (Å²) in [6, 6.07) is 0.525. The zero-order valence-corrected chi connectivity index (χ0v) is 25.8. The molecule has 13 nitrogen and oxygen atoms in total. The predicted octanol–water partition coefficient (Wildman–Crippen LogP) is 2.96. The van der Waals surface area contributed by atoms with Crippen LogP contribution in [-0.4, -0.2) is 88.6 Å². The van der Waals surface area contributed by atoms with Crippen LogP contribution in [0.3, 0.4) is 0 Å². The van der Waals surface area contributed by atoms with Crippen LogP contribution in [0.25, 0.3) is 0 Å². The molecule has 4 rings (SSSR count). The van der Waals surface area contributed by atoms with Crippen molar-refractivity contribution >= 4 is 35.4 Å². The first kappa shape index (κ1) is 36.6. The van der Waals surface area contributed by atoms with Gasteiger partial charge < -0.3 is 35.9 Å². The molecule has 4 aliphatic rings. The molecule has 6 atom stereocenters. The Morgan fingerprint density at radius 3 is 2.05 bits per heavy atom. The Morgan fingerprint density at radius 1 is 0.909 bits per heavy atom. The summed E-state index contributed by atoms with van der Waals surface area (Å²) in [7, 11) is 1.97. The van der Waals surface area contributed by atoms with Crippen molar-refractivity contribution in [2.45, 2.75) is 77.7 Å². The van der Waals surface area contributed by atoms with E-state index in [1.165, 1.54) is 25.0 Å². The summed E-state index contributed by atoms with van der Waals surface area (Å²) in [5.74, 6) is -2.58. The van der Waals surface area contributed by atoms with Crippen molar-refractivity contribution in [2.75, 3.05) is 26.7 Å². The van der Waals surface area contributed by atoms with Crippen LogP contribution in [-0.2, 0) is 28.8 Å². The number of hydrogen-bond acceptors (Lipinski definition) is 9. The van der Waals surface area contributed by atoms with Gasteiger partial charge in [-0.2, -0.15) is 0 Å². The smallest absolute Gasteiger partial charge is 0.328 e. The molecular weight excluding hydrogens is 574 g/mol. The molecule has 3 saturated carbocycles. The summed E-state index contributed by atoms with van der Waals surface area (Å²) in [6.07, 6.45) is 12.0. The number of ketones is 1. The normalized spacial score (nSPS) is 31.8. The van der Waals surface area contributed by atoms with Crippen molar-refractivity contribution in [2.24, 2.45) is 33.7 Å². The van der Waals surface area contributed by atoms with Gasteiger partial charge in [-0.3, -0.25) is 4.79 Å². The van der Waals surface area contributed by atoms with Crippen molar-refractivity contribution in [1.29, 1.82) is 0 Å². The maximum Gasteiger partial charge on any atom is 0.328 e. The van der Waals surface area contributed by atoms with E-state index in [-0.39, 0.29) is 5.41 Å². The molecule has 1 saturated heterocycles. The summed E-state index contributed by atoms with van der Waals surface area (Å²) >= 11 is 0. The monoisotopic (exact) mass is 621 g/mol. The van der Waals surface area contributed by atoms with E-state index >= 15 is 0 Å². The largest absolute Gasteiger partial charge is 0.478 e. The average Bonchev–Trinajstić information content (AvgIpc) is 3.18. The number of nitrogens with one attached hydrogen (secondary N) is 2. The minimum absolute atomic E-state index is 0.0627. The number of fused-ring (bicyclic) bond motifs is 5. The second kappa shape index (κ2) is 17.0. The topological polar surface area (TPSA) is 212 Å². The molecule has 3 aliphatic carbocycles. The Morgan fingerprint density at radius 2 is 1.50 bits per heavy atom. The second-order valence-corrected chi connectivity index (χ2v) is 12.3. The van der Waals surface area contributed by atoms with Crippen LogP contribution in [0.2, 0.25) is 0 Å². The lowest BCUT2D eigenvalue weighted by molar-refractivity contribution is -0.134. The molecule has 0 bridgehead atoms. The Balaban J connectivity index is 0.000000349. The first-order valence-electron chi connectivity index (χ1n) is 15.1. The summed E-state index contributed by atoms with van der Waals surface area (Å²) in [5, 5.41) is 42.8. The third kappa shape index (κ3) is 10.3. The van der Waals surface area contributed by atoms with Gasteiger partial charge in [0.05, 0.1) is 5.71 Å². The number of carbonyl (C=O) groups excluding carboxylic acids is 1. The standard InChI is InChI=1S/C23H39N3O2.2C4H4O4/c1-22-10-7-17(26-28-14-4-12-24-3)15-16(22)9-13-25-21-18-5-6-20(27)23(18,2)11-8-19(21)22;2*5-3(6)1-2-4(7)8/h16,18-19,21,24-25H,4-15H2,1-3H3;2*1-2H,(H,5,6)(H,7,8)/b26-17-;2*2-1+/t16?,18-,19-,21-,22-,23-;;/m0../s1. The lowest BCUT2D eigenvalue weighted by atomic mass is 9.52. The van der Waals surface area contributed by atoms with Crippen molar-refractivity contribution in [3.63, 3.8) is 0 Å². The molecule has 0 radical (unpaired) electrons. The van der Waals surface area contributed by atoms with Gasteiger partial charge in [-0.05, 0) is 94.7 Å². The number of hydrogen-bond donors (Lipinski definition) is 6. The van der Waals surface area contributed by atoms with Crippen molar-refractivity contribution in [3.8, 4) is 0 Å². The Bertz CT molecular complexity index is 1070. The maximum atomic E-state index is 12.6. The molecule has 13 heteroatoms. The number of carboxylic acids is 4. The summed E-state index contributed by atoms with van der Waals surface area (Å²) in [5.41, 5.74) is 1.57. The highest BCUT2D eigenvalue weighted by atomic mass is 16.6. The average molecular weight is 622 g/mol. The van der Waals surface area contributed by atoms with Gasteiger partial charge in [-0.25, -0.2) is 19.2 Å². The van der Waals surface area contributed by atoms with Crippen LogP contribution >= 0.6 is 0 Å². The summed E-state index contributed by atoms with van der Waals surface area (Å²) < 4.78 is 0. The highest BCUT2D eigenvalue weighted by molar-refractivity contribution is 5.90. The van der Waals surface area contributed by atoms with Gasteiger partial charge in [0.1, 0.15) is 12.4 Å². The molecule has 1 unspecified atom stereocenters. The summed E-state index contributed by atoms with van der Waals surface area (Å²) in [6.45, 7) is 7.56. The molecule has 0 aromatic carbocycles. The van der Waals surface area contributed by atoms with Crippen molar-refractivity contribution < 1.29 is 49.2 Å². The van der Waals surface area contributed by atoms with E-state index in [9.17, 15) is 24.0 Å². The van der Waals surface area contributed by atoms with Crippen LogP contribution < -0.4 is 10.6 Å². The number of aliphatic carboxylic acids is 4. The number of oxime groups is 1. The lowest BCUT2D eigenvalue weighted by Gasteiger charge is -2.54. The van der Waals surface area contributed by atoms with Gasteiger partial charge in [0.25, 0.3) is 0 Å². The van der Waals surface area contributed by atoms with Crippen LogP contribution in [0.4, 0.5) is 0 Å². The molecule has 1 aliphatic heterocycles. The maximum absolute atomic E-state index is 12.6. The first-order chi connectivity index (χ1) is 20.7. The third-order valence-corrected chi connectivity index (χ3v) is 9.66. The number of carbonyl (C=O) groups is 5. The highest BCUT2D eigenvalue weighted by Gasteiger charge is 2.59. The highest BCUT2D eigenvalue weighted by Crippen LogP contribution is 2.59. The van der Waals surface area contributed by atoms with Gasteiger partial charge in [-0.1, -0.05) is 19.0 Å².